The second-order valence-electron chi connectivity index (χ2n) is 6.71. The van der Waals surface area contributed by atoms with Crippen molar-refractivity contribution in [3.8, 4) is 5.75 Å². The maximum Gasteiger partial charge on any atom is 0.417 e. The molecule has 5 nitrogen and oxygen atoms in total. The molecular weight excluding hydrogens is 337 g/mol. The van der Waals surface area contributed by atoms with Crippen LogP contribution in [0.4, 0.5) is 13.2 Å². The first-order chi connectivity index (χ1) is 11.6. The van der Waals surface area contributed by atoms with Crippen molar-refractivity contribution in [2.75, 3.05) is 6.61 Å². The van der Waals surface area contributed by atoms with Crippen molar-refractivity contribution in [1.29, 1.82) is 0 Å². The maximum absolute atomic E-state index is 13.4. The molecule has 0 saturated heterocycles. The minimum absolute atomic E-state index is 0.0378. The summed E-state index contributed by atoms with van der Waals surface area (Å²) >= 11 is 0. The predicted octanol–water partition coefficient (Wildman–Crippen LogP) is 3.29. The van der Waals surface area contributed by atoms with Gasteiger partial charge in [0.25, 0.3) is 5.56 Å². The van der Waals surface area contributed by atoms with Gasteiger partial charge in [-0.05, 0) is 32.3 Å². The molecule has 2 aromatic rings. The van der Waals surface area contributed by atoms with Gasteiger partial charge in [-0.1, -0.05) is 6.92 Å². The molecule has 0 atom stereocenters. The zero-order valence-corrected chi connectivity index (χ0v) is 13.9. The van der Waals surface area contributed by atoms with Crippen LogP contribution < -0.4 is 10.3 Å². The second-order valence-corrected chi connectivity index (χ2v) is 6.71. The number of rotatable bonds is 4. The Bertz CT molecular complexity index is 851. The van der Waals surface area contributed by atoms with Gasteiger partial charge in [0, 0.05) is 17.5 Å². The van der Waals surface area contributed by atoms with Crippen molar-refractivity contribution < 1.29 is 23.0 Å². The molecule has 1 fully saturated rings. The predicted molar refractivity (Wildman–Crippen MR) is 85.7 cm³/mol. The normalized spacial score (nSPS) is 23.5. The molecule has 2 aromatic heterocycles. The molecule has 0 spiro atoms. The number of pyridine rings is 2. The van der Waals surface area contributed by atoms with Crippen molar-refractivity contribution in [3.63, 3.8) is 0 Å². The highest BCUT2D eigenvalue weighted by Crippen LogP contribution is 2.42. The number of hydrogen-bond donors (Lipinski definition) is 1. The molecule has 1 aliphatic carbocycles. The standard InChI is InChI=1S/C17H19F3N2O3/c1-3-4-25-11-5-12-13(17(18,19)20)6-14(23)22(15(12)21-9-11)10-7-16(2,24)8-10/h5-6,9-10,24H,3-4,7-8H2,1-2H3. The lowest BCUT2D eigenvalue weighted by Gasteiger charge is -2.42. The highest BCUT2D eigenvalue weighted by molar-refractivity contribution is 5.81. The van der Waals surface area contributed by atoms with E-state index in [2.05, 4.69) is 4.98 Å². The van der Waals surface area contributed by atoms with Gasteiger partial charge in [0.05, 0.1) is 24.0 Å². The van der Waals surface area contributed by atoms with E-state index in [1.165, 1.54) is 16.8 Å². The monoisotopic (exact) mass is 356 g/mol. The SMILES string of the molecule is CCCOc1cnc2c(c1)c(C(F)(F)F)cc(=O)n2C1CC(C)(O)C1. The van der Waals surface area contributed by atoms with E-state index in [0.717, 1.165) is 0 Å². The van der Waals surface area contributed by atoms with E-state index >= 15 is 0 Å². The largest absolute Gasteiger partial charge is 0.492 e. The number of halogens is 3. The molecule has 0 unspecified atom stereocenters. The van der Waals surface area contributed by atoms with Gasteiger partial charge < -0.3 is 9.84 Å². The van der Waals surface area contributed by atoms with E-state index in [0.29, 0.717) is 31.9 Å². The summed E-state index contributed by atoms with van der Waals surface area (Å²) in [6.45, 7) is 3.88. The summed E-state index contributed by atoms with van der Waals surface area (Å²) < 4.78 is 46.7. The van der Waals surface area contributed by atoms with E-state index in [1.54, 1.807) is 6.92 Å². The Morgan fingerprint density at radius 1 is 1.40 bits per heavy atom. The van der Waals surface area contributed by atoms with Crippen LogP contribution in [0.25, 0.3) is 11.0 Å². The maximum atomic E-state index is 13.4. The molecule has 0 bridgehead atoms. The van der Waals surface area contributed by atoms with Crippen LogP contribution in [-0.2, 0) is 6.18 Å². The molecule has 3 rings (SSSR count). The minimum atomic E-state index is -4.67. The molecule has 8 heteroatoms. The number of hydrogen-bond acceptors (Lipinski definition) is 4. The summed E-state index contributed by atoms with van der Waals surface area (Å²) in [4.78, 5) is 16.4. The van der Waals surface area contributed by atoms with Crippen molar-refractivity contribution >= 4 is 11.0 Å². The third-order valence-electron chi connectivity index (χ3n) is 4.36. The van der Waals surface area contributed by atoms with Gasteiger partial charge in [-0.2, -0.15) is 13.2 Å². The van der Waals surface area contributed by atoms with Gasteiger partial charge in [0.1, 0.15) is 11.4 Å². The first-order valence-corrected chi connectivity index (χ1v) is 8.10. The molecule has 1 N–H and O–H groups in total. The molecule has 2 heterocycles. The minimum Gasteiger partial charge on any atom is -0.492 e. The number of aliphatic hydroxyl groups is 1. The molecule has 0 amide bonds. The fourth-order valence-corrected chi connectivity index (χ4v) is 3.23. The van der Waals surface area contributed by atoms with Crippen molar-refractivity contribution in [2.45, 2.75) is 50.9 Å². The Balaban J connectivity index is 2.18. The summed E-state index contributed by atoms with van der Waals surface area (Å²) in [5.41, 5.74) is -2.74. The molecule has 1 saturated carbocycles. The Morgan fingerprint density at radius 3 is 2.64 bits per heavy atom. The van der Waals surface area contributed by atoms with Crippen molar-refractivity contribution in [1.82, 2.24) is 9.55 Å². The average Bonchev–Trinajstić information content (AvgIpc) is 2.49. The number of fused-ring (bicyclic) bond motifs is 1. The van der Waals surface area contributed by atoms with Gasteiger partial charge in [-0.15, -0.1) is 0 Å². The molecule has 1 aliphatic rings. The number of ether oxygens (including phenoxy) is 1. The lowest BCUT2D eigenvalue weighted by molar-refractivity contribution is -0.136. The molecule has 0 aromatic carbocycles. The summed E-state index contributed by atoms with van der Waals surface area (Å²) in [6.07, 6.45) is -2.05. The Labute approximate surface area is 142 Å². The highest BCUT2D eigenvalue weighted by Gasteiger charge is 2.42. The van der Waals surface area contributed by atoms with Crippen LogP contribution in [0, 0.1) is 0 Å². The van der Waals surface area contributed by atoms with Crippen LogP contribution in [-0.4, -0.2) is 26.9 Å². The molecule has 25 heavy (non-hydrogen) atoms. The van der Waals surface area contributed by atoms with Crippen LogP contribution in [0.2, 0.25) is 0 Å². The van der Waals surface area contributed by atoms with E-state index in [1.807, 2.05) is 6.92 Å². The van der Waals surface area contributed by atoms with E-state index in [-0.39, 0.29) is 22.8 Å². The summed E-state index contributed by atoms with van der Waals surface area (Å²) in [7, 11) is 0. The molecular formula is C17H19F3N2O3. The van der Waals surface area contributed by atoms with Crippen LogP contribution >= 0.6 is 0 Å². The Hall–Kier alpha value is -2.09. The topological polar surface area (TPSA) is 64.3 Å². The zero-order valence-electron chi connectivity index (χ0n) is 13.9. The quantitative estimate of drug-likeness (QED) is 0.913. The first-order valence-electron chi connectivity index (χ1n) is 8.10. The summed E-state index contributed by atoms with van der Waals surface area (Å²) in [5, 5.41) is 9.72. The number of aromatic nitrogens is 2. The summed E-state index contributed by atoms with van der Waals surface area (Å²) in [6, 6.07) is 1.50. The average molecular weight is 356 g/mol. The van der Waals surface area contributed by atoms with Crippen LogP contribution in [0.5, 0.6) is 5.75 Å². The van der Waals surface area contributed by atoms with Gasteiger partial charge in [-0.3, -0.25) is 9.36 Å². The third kappa shape index (κ3) is 3.35. The van der Waals surface area contributed by atoms with Crippen molar-refractivity contribution in [3.05, 3.63) is 34.2 Å². The Kier molecular flexibility index (Phi) is 4.26. The van der Waals surface area contributed by atoms with Crippen LogP contribution in [0.15, 0.2) is 23.1 Å². The van der Waals surface area contributed by atoms with Crippen molar-refractivity contribution in [2.24, 2.45) is 0 Å². The number of nitrogens with zero attached hydrogens (tertiary/aromatic N) is 2. The van der Waals surface area contributed by atoms with Crippen LogP contribution in [0.1, 0.15) is 44.7 Å². The molecule has 0 radical (unpaired) electrons. The van der Waals surface area contributed by atoms with E-state index < -0.39 is 22.9 Å². The number of alkyl halides is 3. The van der Waals surface area contributed by atoms with E-state index in [4.69, 9.17) is 4.74 Å². The fraction of sp³-hybridized carbons (Fsp3) is 0.529. The van der Waals surface area contributed by atoms with Gasteiger partial charge >= 0.3 is 6.18 Å². The van der Waals surface area contributed by atoms with Gasteiger partial charge in [0.2, 0.25) is 0 Å². The second kappa shape index (κ2) is 6.01. The molecule has 136 valence electrons. The third-order valence-corrected chi connectivity index (χ3v) is 4.36. The first kappa shape index (κ1) is 17.7. The lowest BCUT2D eigenvalue weighted by atomic mass is 9.77. The lowest BCUT2D eigenvalue weighted by Crippen LogP contribution is -2.45. The summed E-state index contributed by atoms with van der Waals surface area (Å²) in [5.74, 6) is 0.227. The zero-order chi connectivity index (χ0) is 18.4. The van der Waals surface area contributed by atoms with Crippen LogP contribution in [0.3, 0.4) is 0 Å². The Morgan fingerprint density at radius 2 is 2.08 bits per heavy atom. The van der Waals surface area contributed by atoms with Gasteiger partial charge in [-0.25, -0.2) is 4.98 Å². The van der Waals surface area contributed by atoms with E-state index in [9.17, 15) is 23.1 Å². The highest BCUT2D eigenvalue weighted by atomic mass is 19.4. The fourth-order valence-electron chi connectivity index (χ4n) is 3.23. The van der Waals surface area contributed by atoms with Gasteiger partial charge in [0.15, 0.2) is 0 Å². The smallest absolute Gasteiger partial charge is 0.417 e. The molecule has 0 aliphatic heterocycles.